The molecule has 3 aromatic rings. The first-order valence-electron chi connectivity index (χ1n) is 8.92. The molecule has 7 nitrogen and oxygen atoms in total. The number of carboxylic acids is 1. The minimum atomic E-state index is -1.11. The van der Waals surface area contributed by atoms with Crippen LogP contribution in [0.3, 0.4) is 0 Å². The number of rotatable bonds is 7. The van der Waals surface area contributed by atoms with Gasteiger partial charge in [-0.15, -0.1) is 6.58 Å². The van der Waals surface area contributed by atoms with Crippen LogP contribution >= 0.6 is 23.4 Å². The van der Waals surface area contributed by atoms with Crippen molar-refractivity contribution in [2.75, 3.05) is 5.32 Å². The topological polar surface area (TPSA) is 101 Å². The van der Waals surface area contributed by atoms with E-state index >= 15 is 0 Å². The Morgan fingerprint density at radius 3 is 2.77 bits per heavy atom. The van der Waals surface area contributed by atoms with Crippen LogP contribution in [-0.2, 0) is 11.3 Å². The van der Waals surface area contributed by atoms with Crippen LogP contribution in [0.5, 0.6) is 0 Å². The van der Waals surface area contributed by atoms with E-state index in [1.54, 1.807) is 37.3 Å². The molecular weight excluding hydrogens is 426 g/mol. The Morgan fingerprint density at radius 1 is 1.33 bits per heavy atom. The zero-order chi connectivity index (χ0) is 21.8. The third-order valence-electron chi connectivity index (χ3n) is 4.22. The maximum Gasteiger partial charge on any atom is 0.335 e. The van der Waals surface area contributed by atoms with Gasteiger partial charge in [-0.1, -0.05) is 35.5 Å². The molecule has 0 bridgehead atoms. The van der Waals surface area contributed by atoms with Gasteiger partial charge in [-0.05, 0) is 43.3 Å². The number of allylic oxidation sites excluding steroid dienone is 1. The fourth-order valence-electron chi connectivity index (χ4n) is 2.74. The molecule has 1 unspecified atom stereocenters. The minimum Gasteiger partial charge on any atom is -0.478 e. The number of aromatic carboxylic acids is 1. The molecule has 154 valence electrons. The van der Waals surface area contributed by atoms with Crippen LogP contribution in [-0.4, -0.2) is 31.8 Å². The Hall–Kier alpha value is -3.10. The first-order valence-corrected chi connectivity index (χ1v) is 10.2. The van der Waals surface area contributed by atoms with E-state index in [4.69, 9.17) is 11.6 Å². The third kappa shape index (κ3) is 4.72. The number of nitrogens with one attached hydrogen (secondary N) is 1. The molecule has 0 fully saturated rings. The van der Waals surface area contributed by atoms with Crippen molar-refractivity contribution in [3.8, 4) is 0 Å². The highest BCUT2D eigenvalue weighted by molar-refractivity contribution is 8.00. The van der Waals surface area contributed by atoms with Crippen molar-refractivity contribution in [3.63, 3.8) is 0 Å². The first-order chi connectivity index (χ1) is 14.3. The van der Waals surface area contributed by atoms with Gasteiger partial charge in [-0.2, -0.15) is 0 Å². The molecule has 0 saturated heterocycles. The van der Waals surface area contributed by atoms with Crippen molar-refractivity contribution < 1.29 is 14.7 Å². The SMILES string of the molecule is C=CCn1c(SC(C)C(=O)Nc2cccc(Cl)c2)nc2cc(C(=O)O)ccc2c1=O. The summed E-state index contributed by atoms with van der Waals surface area (Å²) in [7, 11) is 0. The Kier molecular flexibility index (Phi) is 6.59. The van der Waals surface area contributed by atoms with E-state index < -0.39 is 11.2 Å². The molecule has 3 rings (SSSR count). The predicted octanol–water partition coefficient (Wildman–Crippen LogP) is 4.05. The number of fused-ring (bicyclic) bond motifs is 1. The molecule has 0 saturated carbocycles. The largest absolute Gasteiger partial charge is 0.478 e. The van der Waals surface area contributed by atoms with Gasteiger partial charge in [0.05, 0.1) is 21.7 Å². The van der Waals surface area contributed by atoms with Gasteiger partial charge in [0.2, 0.25) is 5.91 Å². The molecule has 1 amide bonds. The molecule has 0 radical (unpaired) electrons. The smallest absolute Gasteiger partial charge is 0.335 e. The van der Waals surface area contributed by atoms with E-state index in [9.17, 15) is 19.5 Å². The average Bonchev–Trinajstić information content (AvgIpc) is 2.70. The molecule has 0 aliphatic carbocycles. The van der Waals surface area contributed by atoms with E-state index in [-0.39, 0.29) is 29.1 Å². The van der Waals surface area contributed by atoms with Crippen molar-refractivity contribution in [1.82, 2.24) is 9.55 Å². The highest BCUT2D eigenvalue weighted by atomic mass is 35.5. The van der Waals surface area contributed by atoms with Crippen LogP contribution in [0.1, 0.15) is 17.3 Å². The fourth-order valence-corrected chi connectivity index (χ4v) is 3.84. The van der Waals surface area contributed by atoms with Gasteiger partial charge in [0, 0.05) is 17.3 Å². The summed E-state index contributed by atoms with van der Waals surface area (Å²) in [5.74, 6) is -1.40. The summed E-state index contributed by atoms with van der Waals surface area (Å²) >= 11 is 7.04. The maximum atomic E-state index is 12.9. The third-order valence-corrected chi connectivity index (χ3v) is 5.55. The molecule has 2 aromatic carbocycles. The quantitative estimate of drug-likeness (QED) is 0.324. The number of carboxylic acid groups (broad SMARTS) is 1. The van der Waals surface area contributed by atoms with Gasteiger partial charge in [0.1, 0.15) is 0 Å². The van der Waals surface area contributed by atoms with Crippen LogP contribution in [0.4, 0.5) is 5.69 Å². The molecule has 1 aromatic heterocycles. The number of thioether (sulfide) groups is 1. The molecule has 2 N–H and O–H groups in total. The summed E-state index contributed by atoms with van der Waals surface area (Å²) in [4.78, 5) is 41.2. The molecule has 9 heteroatoms. The zero-order valence-corrected chi connectivity index (χ0v) is 17.5. The lowest BCUT2D eigenvalue weighted by molar-refractivity contribution is -0.115. The number of nitrogens with zero attached hydrogens (tertiary/aromatic N) is 2. The van der Waals surface area contributed by atoms with Gasteiger partial charge < -0.3 is 10.4 Å². The molecule has 1 atom stereocenters. The number of halogens is 1. The summed E-state index contributed by atoms with van der Waals surface area (Å²) in [6, 6.07) is 10.9. The van der Waals surface area contributed by atoms with E-state index in [1.165, 1.54) is 22.8 Å². The van der Waals surface area contributed by atoms with Crippen LogP contribution < -0.4 is 10.9 Å². The number of carbonyl (C=O) groups is 2. The summed E-state index contributed by atoms with van der Waals surface area (Å²) < 4.78 is 1.41. The second-order valence-electron chi connectivity index (χ2n) is 6.40. The van der Waals surface area contributed by atoms with Crippen molar-refractivity contribution in [1.29, 1.82) is 0 Å². The number of carbonyl (C=O) groups excluding carboxylic acids is 1. The molecule has 0 aliphatic heterocycles. The fraction of sp³-hybridized carbons (Fsp3) is 0.143. The number of benzene rings is 2. The highest BCUT2D eigenvalue weighted by Crippen LogP contribution is 2.25. The molecule has 30 heavy (non-hydrogen) atoms. The van der Waals surface area contributed by atoms with Gasteiger partial charge >= 0.3 is 5.97 Å². The van der Waals surface area contributed by atoms with Gasteiger partial charge in [-0.3, -0.25) is 14.2 Å². The average molecular weight is 444 g/mol. The Bertz CT molecular complexity index is 1210. The standard InChI is InChI=1S/C21H18ClN3O4S/c1-3-9-25-19(27)16-8-7-13(20(28)29)10-17(16)24-21(25)30-12(2)18(26)23-15-6-4-5-14(22)11-15/h3-8,10-12H,1,9H2,2H3,(H,23,26)(H,28,29). The lowest BCUT2D eigenvalue weighted by Gasteiger charge is -2.16. The van der Waals surface area contributed by atoms with E-state index in [0.29, 0.717) is 21.3 Å². The summed E-state index contributed by atoms with van der Waals surface area (Å²) in [6.45, 7) is 5.56. The number of aromatic nitrogens is 2. The van der Waals surface area contributed by atoms with Crippen molar-refractivity contribution in [2.24, 2.45) is 0 Å². The van der Waals surface area contributed by atoms with Crippen molar-refractivity contribution >= 4 is 51.8 Å². The Labute approximate surface area is 181 Å². The summed E-state index contributed by atoms with van der Waals surface area (Å²) in [5, 5.41) is 12.5. The lowest BCUT2D eigenvalue weighted by Crippen LogP contribution is -2.27. The van der Waals surface area contributed by atoms with E-state index in [0.717, 1.165) is 11.8 Å². The Balaban J connectivity index is 1.95. The van der Waals surface area contributed by atoms with Crippen molar-refractivity contribution in [2.45, 2.75) is 23.9 Å². The van der Waals surface area contributed by atoms with E-state index in [1.807, 2.05) is 0 Å². The van der Waals surface area contributed by atoms with Crippen molar-refractivity contribution in [3.05, 3.63) is 76.1 Å². The normalized spacial score (nSPS) is 11.8. The number of anilines is 1. The molecule has 0 spiro atoms. The lowest BCUT2D eigenvalue weighted by atomic mass is 10.1. The summed E-state index contributed by atoms with van der Waals surface area (Å²) in [5.41, 5.74) is 0.506. The first kappa shape index (κ1) is 21.6. The number of amides is 1. The van der Waals surface area contributed by atoms with Gasteiger partial charge in [0.15, 0.2) is 5.16 Å². The van der Waals surface area contributed by atoms with Crippen LogP contribution in [0.2, 0.25) is 5.02 Å². The van der Waals surface area contributed by atoms with E-state index in [2.05, 4.69) is 16.9 Å². The van der Waals surface area contributed by atoms with Crippen LogP contribution in [0, 0.1) is 0 Å². The molecule has 0 aliphatic rings. The van der Waals surface area contributed by atoms with Gasteiger partial charge in [0.25, 0.3) is 5.56 Å². The maximum absolute atomic E-state index is 12.9. The number of hydrogen-bond acceptors (Lipinski definition) is 5. The van der Waals surface area contributed by atoms with Gasteiger partial charge in [-0.25, -0.2) is 9.78 Å². The van der Waals surface area contributed by atoms with Crippen LogP contribution in [0.25, 0.3) is 10.9 Å². The van der Waals surface area contributed by atoms with Crippen LogP contribution in [0.15, 0.2) is 65.1 Å². The molecule has 1 heterocycles. The predicted molar refractivity (Wildman–Crippen MR) is 119 cm³/mol. The number of hydrogen-bond donors (Lipinski definition) is 2. The highest BCUT2D eigenvalue weighted by Gasteiger charge is 2.20. The second kappa shape index (κ2) is 9.15. The molecular formula is C21H18ClN3O4S. The summed E-state index contributed by atoms with van der Waals surface area (Å²) in [6.07, 6.45) is 1.56. The zero-order valence-electron chi connectivity index (χ0n) is 16.0. The monoisotopic (exact) mass is 443 g/mol. The Morgan fingerprint density at radius 2 is 2.10 bits per heavy atom. The minimum absolute atomic E-state index is 0.0265. The second-order valence-corrected chi connectivity index (χ2v) is 8.14.